The Bertz CT molecular complexity index is 1530. The van der Waals surface area contributed by atoms with Crippen molar-refractivity contribution in [3.63, 3.8) is 0 Å². The lowest BCUT2D eigenvalue weighted by Gasteiger charge is -2.49. The summed E-state index contributed by atoms with van der Waals surface area (Å²) in [7, 11) is 0. The van der Waals surface area contributed by atoms with Crippen LogP contribution in [-0.4, -0.2) is 82.5 Å². The highest BCUT2D eigenvalue weighted by Crippen LogP contribution is 2.41. The average Bonchev–Trinajstić information content (AvgIpc) is 3.33. The standard InChI is InChI=1S/C24H22BrN5O9S2/c1-24(2,22(37)38)39-29-14(12-8-41-23(26)27-12)18(33)28-15-19(34)30-16(21(35)36)10(7-40-20(15)30)4-3-9-5-11(25)17(32)13(31)6-9/h3-6,8,15,20,31-32H,7H2,1-2H3,(H2,26,27)(H,28,33)(H,35,36)(H,37,38)/b4-3+,29-14-/t15-,20-/m1/s1. The number of oxime groups is 1. The number of fused-ring (bicyclic) bond motifs is 1. The van der Waals surface area contributed by atoms with Crippen molar-refractivity contribution < 1.29 is 44.4 Å². The number of carboxylic acid groups (broad SMARTS) is 2. The Morgan fingerprint density at radius 1 is 1.27 bits per heavy atom. The number of hydrogen-bond acceptors (Lipinski definition) is 12. The fraction of sp³-hybridized carbons (Fsp3) is 0.250. The van der Waals surface area contributed by atoms with Crippen molar-refractivity contribution in [2.75, 3.05) is 11.5 Å². The Morgan fingerprint density at radius 3 is 2.56 bits per heavy atom. The lowest BCUT2D eigenvalue weighted by molar-refractivity contribution is -0.161. The number of hydrogen-bond donors (Lipinski definition) is 6. The van der Waals surface area contributed by atoms with Gasteiger partial charge >= 0.3 is 11.9 Å². The number of nitrogen functional groups attached to an aromatic ring is 1. The van der Waals surface area contributed by atoms with Gasteiger partial charge in [-0.1, -0.05) is 17.3 Å². The van der Waals surface area contributed by atoms with E-state index in [9.17, 15) is 39.6 Å². The molecular weight excluding hydrogens is 646 g/mol. The summed E-state index contributed by atoms with van der Waals surface area (Å²) in [6, 6.07) is 1.68. The summed E-state index contributed by atoms with van der Waals surface area (Å²) in [4.78, 5) is 59.9. The predicted molar refractivity (Wildman–Crippen MR) is 152 cm³/mol. The van der Waals surface area contributed by atoms with E-state index in [0.29, 0.717) is 11.1 Å². The molecule has 2 amide bonds. The van der Waals surface area contributed by atoms with Crippen LogP contribution in [0.5, 0.6) is 11.5 Å². The van der Waals surface area contributed by atoms with Gasteiger partial charge in [-0.25, -0.2) is 14.6 Å². The van der Waals surface area contributed by atoms with E-state index < -0.39 is 46.5 Å². The van der Waals surface area contributed by atoms with Crippen LogP contribution in [0.3, 0.4) is 0 Å². The number of aromatic nitrogens is 1. The third kappa shape index (κ3) is 6.01. The van der Waals surface area contributed by atoms with Gasteiger partial charge in [-0.2, -0.15) is 0 Å². The number of phenolic OH excluding ortho intramolecular Hbond substituents is 2. The molecule has 4 rings (SSSR count). The smallest absolute Gasteiger partial charge is 0.352 e. The fourth-order valence-corrected chi connectivity index (χ4v) is 6.01. The number of benzene rings is 1. The topological polar surface area (TPSA) is 225 Å². The molecule has 14 nitrogen and oxygen atoms in total. The van der Waals surface area contributed by atoms with Crippen LogP contribution in [0.15, 0.2) is 44.5 Å². The maximum atomic E-state index is 13.2. The number of aliphatic carboxylic acids is 2. The highest BCUT2D eigenvalue weighted by Gasteiger charge is 2.54. The Hall–Kier alpha value is -4.09. The lowest BCUT2D eigenvalue weighted by atomic mass is 10.0. The van der Waals surface area contributed by atoms with Crippen molar-refractivity contribution in [3.8, 4) is 11.5 Å². The molecular formula is C24H22BrN5O9S2. The van der Waals surface area contributed by atoms with Crippen molar-refractivity contribution in [1.29, 1.82) is 0 Å². The molecule has 2 aromatic rings. The quantitative estimate of drug-likeness (QED) is 0.0976. The maximum absolute atomic E-state index is 13.2. The molecule has 0 unspecified atom stereocenters. The molecule has 1 fully saturated rings. The monoisotopic (exact) mass is 667 g/mol. The molecule has 2 aliphatic heterocycles. The zero-order valence-electron chi connectivity index (χ0n) is 21.2. The number of allylic oxidation sites excluding steroid dienone is 1. The summed E-state index contributed by atoms with van der Waals surface area (Å²) in [6.07, 6.45) is 3.01. The highest BCUT2D eigenvalue weighted by atomic mass is 79.9. The van der Waals surface area contributed by atoms with Crippen molar-refractivity contribution in [2.45, 2.75) is 30.9 Å². The second kappa shape index (κ2) is 11.4. The summed E-state index contributed by atoms with van der Waals surface area (Å²) in [5.74, 6) is -4.83. The largest absolute Gasteiger partial charge is 0.504 e. The molecule has 1 aromatic heterocycles. The number of aromatic hydroxyl groups is 2. The van der Waals surface area contributed by atoms with Crippen molar-refractivity contribution in [2.24, 2.45) is 5.16 Å². The van der Waals surface area contributed by atoms with E-state index >= 15 is 0 Å². The number of β-lactam (4-membered cyclic amide) rings is 1. The first kappa shape index (κ1) is 29.9. The summed E-state index contributed by atoms with van der Waals surface area (Å²) < 4.78 is 0.236. The number of nitrogens with zero attached hydrogens (tertiary/aromatic N) is 3. The molecule has 0 radical (unpaired) electrons. The average molecular weight is 669 g/mol. The lowest BCUT2D eigenvalue weighted by Crippen LogP contribution is -2.71. The molecule has 0 spiro atoms. The second-order valence-electron chi connectivity index (χ2n) is 9.16. The number of thiazole rings is 1. The van der Waals surface area contributed by atoms with Gasteiger partial charge in [0.25, 0.3) is 11.8 Å². The zero-order valence-corrected chi connectivity index (χ0v) is 24.4. The van der Waals surface area contributed by atoms with Crippen LogP contribution in [-0.2, 0) is 24.0 Å². The van der Waals surface area contributed by atoms with Gasteiger partial charge in [-0.15, -0.1) is 23.1 Å². The van der Waals surface area contributed by atoms with Crippen LogP contribution in [0, 0.1) is 0 Å². The van der Waals surface area contributed by atoms with Crippen molar-refractivity contribution >= 4 is 79.7 Å². The first-order valence-electron chi connectivity index (χ1n) is 11.5. The van der Waals surface area contributed by atoms with Gasteiger partial charge in [-0.3, -0.25) is 14.5 Å². The summed E-state index contributed by atoms with van der Waals surface area (Å²) in [6.45, 7) is 2.45. The Morgan fingerprint density at radius 2 is 1.98 bits per heavy atom. The summed E-state index contributed by atoms with van der Waals surface area (Å²) >= 11 is 5.33. The molecule has 7 N–H and O–H groups in total. The first-order valence-corrected chi connectivity index (χ1v) is 14.3. The molecule has 0 aliphatic carbocycles. The van der Waals surface area contributed by atoms with Crippen LogP contribution >= 0.6 is 39.0 Å². The van der Waals surface area contributed by atoms with E-state index in [1.807, 2.05) is 0 Å². The van der Waals surface area contributed by atoms with Crippen LogP contribution in [0.25, 0.3) is 6.08 Å². The molecule has 1 aromatic carbocycles. The maximum Gasteiger partial charge on any atom is 0.352 e. The molecule has 41 heavy (non-hydrogen) atoms. The van der Waals surface area contributed by atoms with Gasteiger partial charge < -0.3 is 36.3 Å². The van der Waals surface area contributed by atoms with E-state index in [1.165, 1.54) is 55.3 Å². The zero-order chi connectivity index (χ0) is 30.2. The molecule has 0 saturated carbocycles. The van der Waals surface area contributed by atoms with Crippen LogP contribution < -0.4 is 11.1 Å². The number of thioether (sulfide) groups is 1. The number of carbonyl (C=O) groups is 4. The van der Waals surface area contributed by atoms with E-state index in [2.05, 4.69) is 31.4 Å². The number of carbonyl (C=O) groups excluding carboxylic acids is 2. The van der Waals surface area contributed by atoms with Gasteiger partial charge in [0, 0.05) is 11.1 Å². The van der Waals surface area contributed by atoms with E-state index in [4.69, 9.17) is 10.6 Å². The number of rotatable bonds is 9. The fourth-order valence-electron chi connectivity index (χ4n) is 3.68. The van der Waals surface area contributed by atoms with E-state index in [0.717, 1.165) is 16.2 Å². The third-order valence-corrected chi connectivity index (χ3v) is 8.47. The number of nitrogens with two attached hydrogens (primary N) is 1. The van der Waals surface area contributed by atoms with Crippen LogP contribution in [0.4, 0.5) is 5.13 Å². The summed E-state index contributed by atoms with van der Waals surface area (Å²) in [5.41, 5.74) is 3.96. The molecule has 2 aliphatic rings. The van der Waals surface area contributed by atoms with Crippen molar-refractivity contribution in [3.05, 3.63) is 50.6 Å². The molecule has 2 atom stereocenters. The van der Waals surface area contributed by atoms with Gasteiger partial charge in [0.2, 0.25) is 5.60 Å². The first-order chi connectivity index (χ1) is 19.2. The van der Waals surface area contributed by atoms with Gasteiger partial charge in [0.05, 0.1) is 4.47 Å². The Kier molecular flexibility index (Phi) is 8.32. The van der Waals surface area contributed by atoms with Gasteiger partial charge in [0.1, 0.15) is 22.8 Å². The minimum Gasteiger partial charge on any atom is -0.504 e. The molecule has 17 heteroatoms. The number of nitrogens with one attached hydrogen (secondary N) is 1. The number of anilines is 1. The summed E-state index contributed by atoms with van der Waals surface area (Å²) in [5, 5.41) is 45.7. The van der Waals surface area contributed by atoms with Crippen LogP contribution in [0.1, 0.15) is 25.1 Å². The van der Waals surface area contributed by atoms with Crippen LogP contribution in [0.2, 0.25) is 0 Å². The molecule has 216 valence electrons. The Balaban J connectivity index is 1.56. The predicted octanol–water partition coefficient (Wildman–Crippen LogP) is 1.93. The normalized spacial score (nSPS) is 19.1. The van der Waals surface area contributed by atoms with E-state index in [-0.39, 0.29) is 38.2 Å². The number of halogens is 1. The number of phenols is 2. The minimum absolute atomic E-state index is 0.00318. The van der Waals surface area contributed by atoms with Gasteiger partial charge in [0.15, 0.2) is 22.3 Å². The second-order valence-corrected chi connectivity index (χ2v) is 12.0. The Labute approximate surface area is 248 Å². The van der Waals surface area contributed by atoms with E-state index in [1.54, 1.807) is 0 Å². The molecule has 1 saturated heterocycles. The SMILES string of the molecule is CC(C)(O/N=C(\C(=O)N[C@@H]1C(=O)N2C(C(=O)O)=C(/C=C/c3cc(O)c(O)c(Br)c3)CS[C@H]12)c1csc(N)n1)C(=O)O. The number of amides is 2. The third-order valence-electron chi connectivity index (χ3n) is 5.89. The number of carboxylic acids is 2. The highest BCUT2D eigenvalue weighted by molar-refractivity contribution is 9.10. The molecule has 3 heterocycles. The van der Waals surface area contributed by atoms with Gasteiger partial charge in [-0.05, 0) is 53.0 Å². The van der Waals surface area contributed by atoms with Crippen molar-refractivity contribution in [1.82, 2.24) is 15.2 Å². The molecule has 0 bridgehead atoms. The minimum atomic E-state index is -1.78.